The second kappa shape index (κ2) is 11.6. The molecular formula is C15H31F3N4. The van der Waals surface area contributed by atoms with Crippen LogP contribution in [0.4, 0.5) is 13.2 Å². The molecule has 0 aromatic rings. The summed E-state index contributed by atoms with van der Waals surface area (Å²) in [6.45, 7) is 7.98. The summed E-state index contributed by atoms with van der Waals surface area (Å²) >= 11 is 0. The maximum Gasteiger partial charge on any atom is 0.401 e. The number of alkyl halides is 3. The van der Waals surface area contributed by atoms with Gasteiger partial charge >= 0.3 is 6.18 Å². The SMILES string of the molecule is CCNC(=NCC(CC)CC)NCCCN(C)CC(F)(F)F. The van der Waals surface area contributed by atoms with Crippen LogP contribution < -0.4 is 10.6 Å². The Labute approximate surface area is 132 Å². The Morgan fingerprint density at radius 3 is 2.27 bits per heavy atom. The molecule has 0 spiro atoms. The van der Waals surface area contributed by atoms with E-state index in [9.17, 15) is 13.2 Å². The molecule has 0 heterocycles. The summed E-state index contributed by atoms with van der Waals surface area (Å²) in [5.41, 5.74) is 0. The summed E-state index contributed by atoms with van der Waals surface area (Å²) in [6.07, 6.45) is -1.29. The van der Waals surface area contributed by atoms with Gasteiger partial charge in [0.15, 0.2) is 5.96 Å². The minimum atomic E-state index is -4.13. The normalized spacial score (nSPS) is 13.0. The molecule has 0 aliphatic carbocycles. The van der Waals surface area contributed by atoms with Gasteiger partial charge in [-0.1, -0.05) is 26.7 Å². The Morgan fingerprint density at radius 1 is 1.14 bits per heavy atom. The van der Waals surface area contributed by atoms with E-state index in [1.165, 1.54) is 11.9 Å². The van der Waals surface area contributed by atoms with Crippen LogP contribution in [0.15, 0.2) is 4.99 Å². The molecule has 0 saturated heterocycles. The topological polar surface area (TPSA) is 39.7 Å². The first-order chi connectivity index (χ1) is 10.3. The van der Waals surface area contributed by atoms with Crippen LogP contribution in [0.1, 0.15) is 40.0 Å². The maximum atomic E-state index is 12.2. The van der Waals surface area contributed by atoms with Gasteiger partial charge in [-0.05, 0) is 32.9 Å². The summed E-state index contributed by atoms with van der Waals surface area (Å²) in [6, 6.07) is 0. The van der Waals surface area contributed by atoms with Crippen LogP contribution in [0.25, 0.3) is 0 Å². The van der Waals surface area contributed by atoms with E-state index in [1.807, 2.05) is 6.92 Å². The number of guanidine groups is 1. The molecule has 0 unspecified atom stereocenters. The summed E-state index contributed by atoms with van der Waals surface area (Å²) in [4.78, 5) is 5.82. The quantitative estimate of drug-likeness (QED) is 0.369. The molecule has 0 fully saturated rings. The largest absolute Gasteiger partial charge is 0.401 e. The third-order valence-electron chi connectivity index (χ3n) is 3.46. The molecule has 0 aliphatic heterocycles. The van der Waals surface area contributed by atoms with E-state index in [0.717, 1.165) is 31.9 Å². The van der Waals surface area contributed by atoms with Gasteiger partial charge in [0.2, 0.25) is 0 Å². The molecule has 132 valence electrons. The van der Waals surface area contributed by atoms with Gasteiger partial charge in [-0.3, -0.25) is 9.89 Å². The van der Waals surface area contributed by atoms with E-state index in [-0.39, 0.29) is 0 Å². The van der Waals surface area contributed by atoms with Crippen LogP contribution in [-0.4, -0.2) is 56.8 Å². The Hall–Kier alpha value is -0.980. The first kappa shape index (κ1) is 21.0. The van der Waals surface area contributed by atoms with E-state index in [1.54, 1.807) is 0 Å². The molecule has 0 radical (unpaired) electrons. The number of rotatable bonds is 10. The highest BCUT2D eigenvalue weighted by Crippen LogP contribution is 2.15. The average Bonchev–Trinajstić information content (AvgIpc) is 2.42. The van der Waals surface area contributed by atoms with Gasteiger partial charge in [-0.15, -0.1) is 0 Å². The van der Waals surface area contributed by atoms with E-state index in [0.29, 0.717) is 25.4 Å². The van der Waals surface area contributed by atoms with Gasteiger partial charge in [-0.25, -0.2) is 0 Å². The second-order valence-corrected chi connectivity index (χ2v) is 5.54. The Bertz CT molecular complexity index is 302. The predicted octanol–water partition coefficient (Wildman–Crippen LogP) is 2.86. The third kappa shape index (κ3) is 11.7. The first-order valence-electron chi connectivity index (χ1n) is 8.09. The lowest BCUT2D eigenvalue weighted by atomic mass is 10.0. The lowest BCUT2D eigenvalue weighted by molar-refractivity contribution is -0.143. The van der Waals surface area contributed by atoms with E-state index < -0.39 is 12.7 Å². The van der Waals surface area contributed by atoms with Gasteiger partial charge < -0.3 is 10.6 Å². The smallest absolute Gasteiger partial charge is 0.357 e. The maximum absolute atomic E-state index is 12.2. The van der Waals surface area contributed by atoms with Crippen molar-refractivity contribution in [1.29, 1.82) is 0 Å². The molecule has 4 nitrogen and oxygen atoms in total. The first-order valence-corrected chi connectivity index (χ1v) is 8.09. The lowest BCUT2D eigenvalue weighted by Crippen LogP contribution is -2.39. The van der Waals surface area contributed by atoms with Gasteiger partial charge in [-0.2, -0.15) is 13.2 Å². The van der Waals surface area contributed by atoms with Crippen LogP contribution in [0.2, 0.25) is 0 Å². The number of nitrogens with one attached hydrogen (secondary N) is 2. The van der Waals surface area contributed by atoms with Crippen LogP contribution in [0, 0.1) is 5.92 Å². The van der Waals surface area contributed by atoms with Crippen molar-refractivity contribution in [3.05, 3.63) is 0 Å². The van der Waals surface area contributed by atoms with Crippen LogP contribution in [-0.2, 0) is 0 Å². The van der Waals surface area contributed by atoms with E-state index >= 15 is 0 Å². The second-order valence-electron chi connectivity index (χ2n) is 5.54. The Balaban J connectivity index is 4.07. The number of halogens is 3. The summed E-state index contributed by atoms with van der Waals surface area (Å²) in [5, 5.41) is 6.33. The lowest BCUT2D eigenvalue weighted by Gasteiger charge is -2.19. The van der Waals surface area contributed by atoms with Crippen molar-refractivity contribution in [2.45, 2.75) is 46.2 Å². The Morgan fingerprint density at radius 2 is 1.77 bits per heavy atom. The van der Waals surface area contributed by atoms with Crippen molar-refractivity contribution in [3.63, 3.8) is 0 Å². The summed E-state index contributed by atoms with van der Waals surface area (Å²) in [5.74, 6) is 1.32. The van der Waals surface area contributed by atoms with E-state index in [2.05, 4.69) is 29.5 Å². The average molecular weight is 324 g/mol. The fourth-order valence-corrected chi connectivity index (χ4v) is 2.05. The minimum Gasteiger partial charge on any atom is -0.357 e. The van der Waals surface area contributed by atoms with Crippen LogP contribution in [0.3, 0.4) is 0 Å². The zero-order chi connectivity index (χ0) is 17.0. The molecule has 0 saturated carbocycles. The number of hydrogen-bond donors (Lipinski definition) is 2. The van der Waals surface area contributed by atoms with Crippen LogP contribution >= 0.6 is 0 Å². The van der Waals surface area contributed by atoms with Crippen molar-refractivity contribution >= 4 is 5.96 Å². The molecular weight excluding hydrogens is 293 g/mol. The molecule has 0 aliphatic rings. The van der Waals surface area contributed by atoms with Gasteiger partial charge in [0.1, 0.15) is 0 Å². The summed E-state index contributed by atoms with van der Waals surface area (Å²) < 4.78 is 36.6. The number of aliphatic imine (C=N–C) groups is 1. The van der Waals surface area contributed by atoms with Crippen molar-refractivity contribution in [1.82, 2.24) is 15.5 Å². The fraction of sp³-hybridized carbons (Fsp3) is 0.933. The molecule has 22 heavy (non-hydrogen) atoms. The van der Waals surface area contributed by atoms with E-state index in [4.69, 9.17) is 0 Å². The number of hydrogen-bond acceptors (Lipinski definition) is 2. The summed E-state index contributed by atoms with van der Waals surface area (Å²) in [7, 11) is 1.49. The standard InChI is InChI=1S/C15H31F3N4/c1-5-13(6-2)11-21-14(19-7-3)20-9-8-10-22(4)12-15(16,17)18/h13H,5-12H2,1-4H3,(H2,19,20,21). The van der Waals surface area contributed by atoms with Gasteiger partial charge in [0.25, 0.3) is 0 Å². The monoisotopic (exact) mass is 324 g/mol. The highest BCUT2D eigenvalue weighted by Gasteiger charge is 2.28. The molecule has 2 N–H and O–H groups in total. The molecule has 0 bridgehead atoms. The highest BCUT2D eigenvalue weighted by molar-refractivity contribution is 5.79. The van der Waals surface area contributed by atoms with Gasteiger partial charge in [0, 0.05) is 19.6 Å². The zero-order valence-corrected chi connectivity index (χ0v) is 14.3. The molecule has 0 aromatic carbocycles. The van der Waals surface area contributed by atoms with Crippen molar-refractivity contribution < 1.29 is 13.2 Å². The molecule has 0 atom stereocenters. The molecule has 0 amide bonds. The third-order valence-corrected chi connectivity index (χ3v) is 3.46. The van der Waals surface area contributed by atoms with Crippen molar-refractivity contribution in [2.24, 2.45) is 10.9 Å². The highest BCUT2D eigenvalue weighted by atomic mass is 19.4. The van der Waals surface area contributed by atoms with Crippen LogP contribution in [0.5, 0.6) is 0 Å². The van der Waals surface area contributed by atoms with Crippen molar-refractivity contribution in [3.8, 4) is 0 Å². The minimum absolute atomic E-state index is 0.401. The molecule has 7 heteroatoms. The Kier molecular flexibility index (Phi) is 11.1. The number of nitrogens with zero attached hydrogens (tertiary/aromatic N) is 2. The van der Waals surface area contributed by atoms with Gasteiger partial charge in [0.05, 0.1) is 6.54 Å². The van der Waals surface area contributed by atoms with Crippen molar-refractivity contribution in [2.75, 3.05) is 39.8 Å². The predicted molar refractivity (Wildman–Crippen MR) is 86.2 cm³/mol. The molecule has 0 rings (SSSR count). The fourth-order valence-electron chi connectivity index (χ4n) is 2.05. The zero-order valence-electron chi connectivity index (χ0n) is 14.3. The molecule has 0 aromatic heterocycles.